The molecule has 0 amide bonds. The van der Waals surface area contributed by atoms with Crippen LogP contribution in [-0.2, 0) is 14.3 Å². The van der Waals surface area contributed by atoms with Crippen molar-refractivity contribution in [2.45, 2.75) is 43.6 Å². The Kier molecular flexibility index (Phi) is 5.34. The van der Waals surface area contributed by atoms with E-state index in [0.717, 1.165) is 46.8 Å². The highest BCUT2D eigenvalue weighted by Crippen LogP contribution is 2.45. The van der Waals surface area contributed by atoms with Crippen molar-refractivity contribution < 1.29 is 23.8 Å². The largest absolute Gasteiger partial charge is 0.479 e. The van der Waals surface area contributed by atoms with Gasteiger partial charge in [-0.05, 0) is 67.6 Å². The molecule has 0 aliphatic carbocycles. The summed E-state index contributed by atoms with van der Waals surface area (Å²) in [6.07, 6.45) is 4.06. The van der Waals surface area contributed by atoms with Gasteiger partial charge >= 0.3 is 5.97 Å². The van der Waals surface area contributed by atoms with E-state index in [1.807, 2.05) is 18.3 Å². The number of aromatic nitrogens is 3. The van der Waals surface area contributed by atoms with Gasteiger partial charge in [0.25, 0.3) is 0 Å². The van der Waals surface area contributed by atoms with E-state index in [1.54, 1.807) is 0 Å². The van der Waals surface area contributed by atoms with Crippen molar-refractivity contribution in [2.24, 2.45) is 0 Å². The van der Waals surface area contributed by atoms with Gasteiger partial charge in [0.1, 0.15) is 5.82 Å². The number of ether oxygens (including phenoxy) is 2. The number of aromatic amines is 1. The van der Waals surface area contributed by atoms with E-state index in [2.05, 4.69) is 26.9 Å². The van der Waals surface area contributed by atoms with Crippen LogP contribution in [0.1, 0.15) is 48.8 Å². The first kappa shape index (κ1) is 21.3. The Morgan fingerprint density at radius 1 is 1.09 bits per heavy atom. The van der Waals surface area contributed by atoms with Crippen molar-refractivity contribution in [3.8, 4) is 5.69 Å². The van der Waals surface area contributed by atoms with Gasteiger partial charge in [0, 0.05) is 47.2 Å². The van der Waals surface area contributed by atoms with Gasteiger partial charge in [-0.25, -0.2) is 9.18 Å². The number of fused-ring (bicyclic) bond motifs is 2. The molecule has 176 valence electrons. The minimum absolute atomic E-state index is 0.0676. The van der Waals surface area contributed by atoms with E-state index in [0.29, 0.717) is 26.2 Å². The lowest BCUT2D eigenvalue weighted by molar-refractivity contribution is -0.153. The Balaban J connectivity index is 1.60. The third-order valence-electron chi connectivity index (χ3n) is 7.26. The van der Waals surface area contributed by atoms with Crippen molar-refractivity contribution in [3.05, 3.63) is 59.7 Å². The second-order valence-electron chi connectivity index (χ2n) is 9.26. The van der Waals surface area contributed by atoms with Crippen LogP contribution < -0.4 is 0 Å². The fourth-order valence-corrected chi connectivity index (χ4v) is 5.61. The summed E-state index contributed by atoms with van der Waals surface area (Å²) < 4.78 is 27.6. The average Bonchev–Trinajstić information content (AvgIpc) is 3.45. The quantitative estimate of drug-likeness (QED) is 0.450. The number of hydrogen-bond acceptors (Lipinski definition) is 4. The molecule has 4 heterocycles. The second kappa shape index (κ2) is 8.52. The summed E-state index contributed by atoms with van der Waals surface area (Å²) >= 11 is 0. The third kappa shape index (κ3) is 3.58. The summed E-state index contributed by atoms with van der Waals surface area (Å²) in [7, 11) is 0. The smallest absolute Gasteiger partial charge is 0.332 e. The zero-order valence-corrected chi connectivity index (χ0v) is 18.7. The number of carboxylic acids is 1. The first-order valence-corrected chi connectivity index (χ1v) is 11.8. The Morgan fingerprint density at radius 3 is 2.59 bits per heavy atom. The van der Waals surface area contributed by atoms with Gasteiger partial charge in [-0.15, -0.1) is 0 Å². The van der Waals surface area contributed by atoms with E-state index in [-0.39, 0.29) is 17.7 Å². The van der Waals surface area contributed by atoms with Crippen molar-refractivity contribution in [3.63, 3.8) is 0 Å². The van der Waals surface area contributed by atoms with Crippen LogP contribution >= 0.6 is 0 Å². The predicted octanol–water partition coefficient (Wildman–Crippen LogP) is 4.89. The van der Waals surface area contributed by atoms with Crippen LogP contribution in [0.15, 0.2) is 42.6 Å². The normalized spacial score (nSPS) is 21.9. The molecule has 0 radical (unpaired) electrons. The van der Waals surface area contributed by atoms with E-state index in [4.69, 9.17) is 9.47 Å². The number of rotatable bonds is 4. The zero-order chi connectivity index (χ0) is 23.2. The van der Waals surface area contributed by atoms with Crippen LogP contribution in [0.4, 0.5) is 4.39 Å². The Morgan fingerprint density at radius 2 is 1.88 bits per heavy atom. The fraction of sp³-hybridized carbons (Fsp3) is 0.385. The topological polar surface area (TPSA) is 89.4 Å². The lowest BCUT2D eigenvalue weighted by Crippen LogP contribution is -2.31. The van der Waals surface area contributed by atoms with Gasteiger partial charge < -0.3 is 19.1 Å². The lowest BCUT2D eigenvalue weighted by atomic mass is 9.84. The molecule has 2 saturated heterocycles. The minimum atomic E-state index is -0.906. The number of H-pyrrole nitrogens is 1. The summed E-state index contributed by atoms with van der Waals surface area (Å²) in [6, 6.07) is 10.9. The predicted molar refractivity (Wildman–Crippen MR) is 125 cm³/mol. The van der Waals surface area contributed by atoms with Crippen LogP contribution in [0.25, 0.3) is 27.5 Å². The van der Waals surface area contributed by atoms with Crippen LogP contribution in [0.3, 0.4) is 0 Å². The summed E-state index contributed by atoms with van der Waals surface area (Å²) in [5.41, 5.74) is 5.29. The van der Waals surface area contributed by atoms with Crippen molar-refractivity contribution in [1.82, 2.24) is 14.8 Å². The number of aliphatic carboxylic acids is 1. The molecule has 6 rings (SSSR count). The third-order valence-corrected chi connectivity index (χ3v) is 7.26. The molecule has 7 nitrogen and oxygen atoms in total. The van der Waals surface area contributed by atoms with Crippen molar-refractivity contribution in [1.29, 1.82) is 0 Å². The number of nitrogens with zero attached hydrogens (tertiary/aromatic N) is 2. The van der Waals surface area contributed by atoms with Crippen LogP contribution in [0.2, 0.25) is 0 Å². The highest BCUT2D eigenvalue weighted by molar-refractivity contribution is 5.99. The first-order chi connectivity index (χ1) is 16.6. The van der Waals surface area contributed by atoms with Crippen LogP contribution in [0, 0.1) is 5.82 Å². The molecule has 2 aromatic carbocycles. The summed E-state index contributed by atoms with van der Waals surface area (Å²) in [5.74, 6) is -0.838. The van der Waals surface area contributed by atoms with Gasteiger partial charge in [-0.3, -0.25) is 5.10 Å². The Bertz CT molecular complexity index is 1350. The fourth-order valence-electron chi connectivity index (χ4n) is 5.61. The van der Waals surface area contributed by atoms with Gasteiger partial charge in [0.2, 0.25) is 0 Å². The summed E-state index contributed by atoms with van der Waals surface area (Å²) in [5, 5.41) is 18.8. The monoisotopic (exact) mass is 463 g/mol. The lowest BCUT2D eigenvalue weighted by Gasteiger charge is -2.31. The SMILES string of the molecule is O=C(O)[C@H]1CC[C@H](c2c(C3CCOCC3)n(-c3ccc(F)cc3)c3cc4cn[nH]c4cc23)CO1. The van der Waals surface area contributed by atoms with E-state index in [9.17, 15) is 14.3 Å². The summed E-state index contributed by atoms with van der Waals surface area (Å²) in [6.45, 7) is 1.75. The number of nitrogens with one attached hydrogen (secondary N) is 1. The van der Waals surface area contributed by atoms with Gasteiger partial charge in [0.05, 0.1) is 23.8 Å². The van der Waals surface area contributed by atoms with Gasteiger partial charge in [-0.1, -0.05) is 0 Å². The molecule has 2 atom stereocenters. The van der Waals surface area contributed by atoms with Crippen molar-refractivity contribution in [2.75, 3.05) is 19.8 Å². The second-order valence-corrected chi connectivity index (χ2v) is 9.26. The molecular formula is C26H26FN3O4. The molecule has 34 heavy (non-hydrogen) atoms. The average molecular weight is 464 g/mol. The molecule has 2 fully saturated rings. The van der Waals surface area contributed by atoms with E-state index in [1.165, 1.54) is 23.4 Å². The number of carboxylic acid groups (broad SMARTS) is 1. The molecule has 2 aliphatic heterocycles. The standard InChI is InChI=1S/C26H26FN3O4/c27-18-2-4-19(5-3-18)30-22-11-17-13-28-29-21(17)12-20(22)24(25(30)15-7-9-33-10-8-15)16-1-6-23(26(31)32)34-14-16/h2-5,11-13,15-16,23H,1,6-10,14H2,(H,28,29)(H,31,32)/t16-,23+/m0/s1. The highest BCUT2D eigenvalue weighted by Gasteiger charge is 2.34. The van der Waals surface area contributed by atoms with Gasteiger partial charge in [-0.2, -0.15) is 5.10 Å². The van der Waals surface area contributed by atoms with Crippen LogP contribution in [0.5, 0.6) is 0 Å². The molecule has 2 aromatic heterocycles. The van der Waals surface area contributed by atoms with E-state index < -0.39 is 12.1 Å². The molecule has 8 heteroatoms. The van der Waals surface area contributed by atoms with Gasteiger partial charge in [0.15, 0.2) is 6.10 Å². The molecule has 4 aromatic rings. The molecule has 0 bridgehead atoms. The number of hydrogen-bond donors (Lipinski definition) is 2. The molecule has 0 saturated carbocycles. The molecule has 0 spiro atoms. The molecular weight excluding hydrogens is 437 g/mol. The zero-order valence-electron chi connectivity index (χ0n) is 18.7. The maximum Gasteiger partial charge on any atom is 0.332 e. The molecule has 2 aliphatic rings. The number of benzene rings is 2. The summed E-state index contributed by atoms with van der Waals surface area (Å²) in [4.78, 5) is 11.5. The number of carbonyl (C=O) groups is 1. The Hall–Kier alpha value is -3.23. The first-order valence-electron chi connectivity index (χ1n) is 11.8. The maximum atomic E-state index is 13.8. The molecule has 0 unspecified atom stereocenters. The maximum absolute atomic E-state index is 13.8. The van der Waals surface area contributed by atoms with E-state index >= 15 is 0 Å². The van der Waals surface area contributed by atoms with Crippen LogP contribution in [-0.4, -0.2) is 51.8 Å². The molecule has 2 N–H and O–H groups in total. The number of halogens is 1. The minimum Gasteiger partial charge on any atom is -0.479 e. The highest BCUT2D eigenvalue weighted by atomic mass is 19.1. The van der Waals surface area contributed by atoms with Crippen molar-refractivity contribution >= 4 is 27.8 Å². The Labute approximate surface area is 195 Å².